The van der Waals surface area contributed by atoms with Crippen molar-refractivity contribution in [2.45, 2.75) is 32.0 Å². The van der Waals surface area contributed by atoms with Gasteiger partial charge in [0.2, 0.25) is 0 Å². The molecule has 16 heteroatoms. The molecule has 1 unspecified atom stereocenters. The summed E-state index contributed by atoms with van der Waals surface area (Å²) in [6.07, 6.45) is -1.25. The van der Waals surface area contributed by atoms with Crippen LogP contribution in [0.3, 0.4) is 0 Å². The Morgan fingerprint density at radius 1 is 0.976 bits per heavy atom. The highest BCUT2D eigenvalue weighted by molar-refractivity contribution is 6.31. The van der Waals surface area contributed by atoms with E-state index in [4.69, 9.17) is 11.6 Å². The van der Waals surface area contributed by atoms with E-state index in [1.165, 1.54) is 18.7 Å². The molecular weight excluding hydrogens is 583 g/mol. The molecule has 0 saturated heterocycles. The second-order valence-electron chi connectivity index (χ2n) is 9.02. The van der Waals surface area contributed by atoms with Gasteiger partial charge in [0.05, 0.1) is 16.6 Å². The monoisotopic (exact) mass is 605 g/mol. The van der Waals surface area contributed by atoms with E-state index in [-0.39, 0.29) is 23.4 Å². The maximum Gasteiger partial charge on any atom is 0.417 e. The molecule has 42 heavy (non-hydrogen) atoms. The molecule has 0 aliphatic carbocycles. The minimum Gasteiger partial charge on any atom is -0.481 e. The van der Waals surface area contributed by atoms with Gasteiger partial charge < -0.3 is 26.2 Å². The number of aliphatic carboxylic acids is 2. The molecule has 0 aliphatic rings. The van der Waals surface area contributed by atoms with E-state index in [9.17, 15) is 37.8 Å². The molecule has 1 atom stereocenters. The molecule has 2 aromatic heterocycles. The number of nitrogens with zero attached hydrogens (tertiary/aromatic N) is 4. The van der Waals surface area contributed by atoms with E-state index < -0.39 is 46.7 Å². The lowest BCUT2D eigenvalue weighted by atomic mass is 9.96. The van der Waals surface area contributed by atoms with Crippen molar-refractivity contribution in [3.05, 3.63) is 65.7 Å². The van der Waals surface area contributed by atoms with Crippen molar-refractivity contribution in [3.8, 4) is 5.69 Å². The van der Waals surface area contributed by atoms with E-state index >= 15 is 0 Å². The van der Waals surface area contributed by atoms with Crippen LogP contribution in [0.15, 0.2) is 55.1 Å². The highest BCUT2D eigenvalue weighted by Crippen LogP contribution is 2.36. The van der Waals surface area contributed by atoms with Gasteiger partial charge in [0.1, 0.15) is 12.7 Å². The number of fused-ring (bicyclic) bond motifs is 1. The molecule has 4 aromatic rings. The molecule has 2 aromatic carbocycles. The lowest BCUT2D eigenvalue weighted by molar-refractivity contribution is -0.155. The van der Waals surface area contributed by atoms with Crippen LogP contribution >= 0.6 is 11.6 Å². The summed E-state index contributed by atoms with van der Waals surface area (Å²) < 4.78 is 40.9. The fourth-order valence-corrected chi connectivity index (χ4v) is 4.43. The number of halogens is 4. The first-order valence-corrected chi connectivity index (χ1v) is 12.7. The summed E-state index contributed by atoms with van der Waals surface area (Å²) in [4.78, 5) is 48.3. The van der Waals surface area contributed by atoms with Gasteiger partial charge in [-0.25, -0.2) is 19.7 Å². The van der Waals surface area contributed by atoms with Crippen LogP contribution in [0, 0.1) is 5.92 Å². The number of aromatic nitrogens is 4. The number of hydrogen-bond donors (Lipinski definition) is 5. The molecule has 220 valence electrons. The van der Waals surface area contributed by atoms with E-state index in [0.29, 0.717) is 23.4 Å². The third-order valence-corrected chi connectivity index (χ3v) is 6.45. The van der Waals surface area contributed by atoms with Gasteiger partial charge in [-0.05, 0) is 48.9 Å². The van der Waals surface area contributed by atoms with Gasteiger partial charge in [0.15, 0.2) is 22.9 Å². The number of rotatable bonds is 10. The summed E-state index contributed by atoms with van der Waals surface area (Å²) in [7, 11) is 0. The SMILES string of the molecule is CCCC(Nc1ncnc2c1ncn2-c1ccc(NC(=O)Nc2ccc(Cl)c(C(F)(F)F)c2)cc1)C(C(=O)O)C(=O)O. The van der Waals surface area contributed by atoms with Crippen molar-refractivity contribution < 1.29 is 37.8 Å². The van der Waals surface area contributed by atoms with Crippen LogP contribution < -0.4 is 16.0 Å². The third kappa shape index (κ3) is 6.68. The van der Waals surface area contributed by atoms with Crippen LogP contribution in [-0.2, 0) is 15.8 Å². The topological polar surface area (TPSA) is 171 Å². The first-order chi connectivity index (χ1) is 19.9. The zero-order chi connectivity index (χ0) is 30.6. The summed E-state index contributed by atoms with van der Waals surface area (Å²) in [5.74, 6) is -4.51. The summed E-state index contributed by atoms with van der Waals surface area (Å²) in [5, 5.41) is 26.1. The van der Waals surface area contributed by atoms with E-state index in [2.05, 4.69) is 30.9 Å². The number of benzene rings is 2. The largest absolute Gasteiger partial charge is 0.481 e. The van der Waals surface area contributed by atoms with Crippen LogP contribution in [0.25, 0.3) is 16.9 Å². The molecule has 2 amide bonds. The molecule has 0 aliphatic heterocycles. The molecule has 0 bridgehead atoms. The summed E-state index contributed by atoms with van der Waals surface area (Å²) in [6, 6.07) is 7.61. The molecule has 2 heterocycles. The molecule has 0 fully saturated rings. The minimum atomic E-state index is -4.68. The number of imidazole rings is 1. The van der Waals surface area contributed by atoms with Gasteiger partial charge >= 0.3 is 24.1 Å². The van der Waals surface area contributed by atoms with Gasteiger partial charge in [-0.15, -0.1) is 0 Å². The Morgan fingerprint density at radius 2 is 1.62 bits per heavy atom. The predicted molar refractivity (Wildman–Crippen MR) is 147 cm³/mol. The first-order valence-electron chi connectivity index (χ1n) is 12.3. The van der Waals surface area contributed by atoms with Crippen LogP contribution in [0.1, 0.15) is 25.3 Å². The van der Waals surface area contributed by atoms with Gasteiger partial charge in [-0.3, -0.25) is 14.2 Å². The molecular formula is C26H23ClF3N7O5. The van der Waals surface area contributed by atoms with Gasteiger partial charge in [0, 0.05) is 17.1 Å². The molecule has 0 radical (unpaired) electrons. The molecule has 4 rings (SSSR count). The van der Waals surface area contributed by atoms with E-state index in [0.717, 1.165) is 12.1 Å². The fraction of sp³-hybridized carbons (Fsp3) is 0.231. The number of alkyl halides is 3. The number of hydrogen-bond acceptors (Lipinski definition) is 7. The maximum atomic E-state index is 13.1. The highest BCUT2D eigenvalue weighted by Gasteiger charge is 2.35. The normalized spacial score (nSPS) is 12.2. The number of anilines is 3. The number of carbonyl (C=O) groups excluding carboxylic acids is 1. The number of urea groups is 1. The Hall–Kier alpha value is -4.92. The number of carboxylic acid groups (broad SMARTS) is 2. The first kappa shape index (κ1) is 30.0. The number of carbonyl (C=O) groups is 3. The average molecular weight is 606 g/mol. The van der Waals surface area contributed by atoms with Gasteiger partial charge in [-0.2, -0.15) is 13.2 Å². The van der Waals surface area contributed by atoms with Crippen molar-refractivity contribution >= 4 is 57.9 Å². The zero-order valence-electron chi connectivity index (χ0n) is 21.7. The molecule has 0 saturated carbocycles. The van der Waals surface area contributed by atoms with Crippen LogP contribution in [0.2, 0.25) is 5.02 Å². The highest BCUT2D eigenvalue weighted by atomic mass is 35.5. The minimum absolute atomic E-state index is 0.103. The fourth-order valence-electron chi connectivity index (χ4n) is 4.21. The van der Waals surface area contributed by atoms with Gasteiger partial charge in [0.25, 0.3) is 0 Å². The average Bonchev–Trinajstić information content (AvgIpc) is 3.34. The Kier molecular flexibility index (Phi) is 8.80. The van der Waals surface area contributed by atoms with Gasteiger partial charge in [-0.1, -0.05) is 24.9 Å². The maximum absolute atomic E-state index is 13.1. The lowest BCUT2D eigenvalue weighted by Gasteiger charge is -2.22. The zero-order valence-corrected chi connectivity index (χ0v) is 22.4. The molecule has 5 N–H and O–H groups in total. The number of amides is 2. The lowest BCUT2D eigenvalue weighted by Crippen LogP contribution is -2.40. The Labute approximate surface area is 240 Å². The van der Waals surface area contributed by atoms with Crippen molar-refractivity contribution in [3.63, 3.8) is 0 Å². The summed E-state index contributed by atoms with van der Waals surface area (Å²) >= 11 is 5.61. The van der Waals surface area contributed by atoms with Crippen LogP contribution in [0.4, 0.5) is 35.2 Å². The number of nitrogens with one attached hydrogen (secondary N) is 3. The van der Waals surface area contributed by atoms with Crippen molar-refractivity contribution in [1.29, 1.82) is 0 Å². The van der Waals surface area contributed by atoms with Crippen molar-refractivity contribution in [2.24, 2.45) is 5.92 Å². The Morgan fingerprint density at radius 3 is 2.24 bits per heavy atom. The predicted octanol–water partition coefficient (Wildman–Crippen LogP) is 5.50. The quantitative estimate of drug-likeness (QED) is 0.146. The van der Waals surface area contributed by atoms with E-state index in [1.54, 1.807) is 35.8 Å². The Bertz CT molecular complexity index is 1620. The molecule has 0 spiro atoms. The van der Waals surface area contributed by atoms with E-state index in [1.807, 2.05) is 0 Å². The van der Waals surface area contributed by atoms with Crippen LogP contribution in [-0.4, -0.2) is 53.7 Å². The standard InChI is InChI=1S/C26H23ClF3N7O5/c1-2-3-18(19(23(38)39)24(40)41)36-21-20-22(32-11-31-21)37(12-33-20)15-7-4-13(5-8-15)34-25(42)35-14-6-9-17(27)16(10-14)26(28,29)30/h4-12,18-19H,2-3H2,1H3,(H,38,39)(H,40,41)(H,31,32,36)(H2,34,35,42). The smallest absolute Gasteiger partial charge is 0.417 e. The summed E-state index contributed by atoms with van der Waals surface area (Å²) in [5.41, 5.74) is 0.334. The Balaban J connectivity index is 1.51. The second-order valence-corrected chi connectivity index (χ2v) is 9.43. The second kappa shape index (κ2) is 12.3. The number of carboxylic acids is 2. The summed E-state index contributed by atoms with van der Waals surface area (Å²) in [6.45, 7) is 1.79. The van der Waals surface area contributed by atoms with Crippen molar-refractivity contribution in [2.75, 3.05) is 16.0 Å². The molecule has 12 nitrogen and oxygen atoms in total. The van der Waals surface area contributed by atoms with Crippen LogP contribution in [0.5, 0.6) is 0 Å². The third-order valence-electron chi connectivity index (χ3n) is 6.12. The van der Waals surface area contributed by atoms with Crippen molar-refractivity contribution in [1.82, 2.24) is 19.5 Å².